The van der Waals surface area contributed by atoms with Crippen molar-refractivity contribution in [2.45, 2.75) is 77.8 Å². The summed E-state index contributed by atoms with van der Waals surface area (Å²) in [4.78, 5) is 0. The van der Waals surface area contributed by atoms with Gasteiger partial charge < -0.3 is 23.4 Å². The molecule has 128 valence electrons. The molecule has 0 aliphatic carbocycles. The second-order valence-corrected chi connectivity index (χ2v) is 8.04. The first-order valence-electron chi connectivity index (χ1n) is 8.06. The van der Waals surface area contributed by atoms with Crippen LogP contribution in [-0.4, -0.2) is 36.6 Å². The summed E-state index contributed by atoms with van der Waals surface area (Å²) in [6, 6.07) is 0. The zero-order valence-electron chi connectivity index (χ0n) is 15.5. The minimum absolute atomic E-state index is 0.347. The van der Waals surface area contributed by atoms with Crippen LogP contribution in [0.2, 0.25) is 0 Å². The predicted octanol–water partition coefficient (Wildman–Crippen LogP) is 3.29. The van der Waals surface area contributed by atoms with Crippen molar-refractivity contribution in [2.24, 2.45) is 0 Å². The Balaban J connectivity index is 1.80. The summed E-state index contributed by atoms with van der Waals surface area (Å²) < 4.78 is 28.7. The molecule has 2 saturated heterocycles. The molecule has 2 rings (SSSR count). The smallest absolute Gasteiger partial charge is 0.475 e. The SMILES string of the molecule is CC1(C)OB(C=COC=CB2OC(C)(C)C(C)(C)O2)OC1(C)C. The molecule has 0 spiro atoms. The second kappa shape index (κ2) is 5.96. The molecule has 0 N–H and O–H groups in total. The molecular formula is C16H28B2O5. The fourth-order valence-corrected chi connectivity index (χ4v) is 2.20. The first-order valence-corrected chi connectivity index (χ1v) is 8.06. The van der Waals surface area contributed by atoms with Crippen LogP contribution in [0.15, 0.2) is 24.5 Å². The molecule has 0 aromatic carbocycles. The third-order valence-corrected chi connectivity index (χ3v) is 5.17. The fraction of sp³-hybridized carbons (Fsp3) is 0.750. The third kappa shape index (κ3) is 3.85. The molecule has 0 aromatic rings. The molecule has 5 nitrogen and oxygen atoms in total. The lowest BCUT2D eigenvalue weighted by molar-refractivity contribution is 0.00578. The summed E-state index contributed by atoms with van der Waals surface area (Å²) in [6.07, 6.45) is 3.09. The Bertz CT molecular complexity index is 421. The zero-order valence-corrected chi connectivity index (χ0v) is 15.5. The Morgan fingerprint density at radius 2 is 0.826 bits per heavy atom. The zero-order chi connectivity index (χ0) is 17.5. The molecule has 0 aromatic heterocycles. The molecule has 0 bridgehead atoms. The lowest BCUT2D eigenvalue weighted by Crippen LogP contribution is -2.41. The van der Waals surface area contributed by atoms with E-state index in [1.54, 1.807) is 24.5 Å². The van der Waals surface area contributed by atoms with E-state index in [1.807, 2.05) is 55.4 Å². The van der Waals surface area contributed by atoms with Gasteiger partial charge in [0.25, 0.3) is 0 Å². The molecule has 0 unspecified atom stereocenters. The first-order chi connectivity index (χ1) is 10.4. The molecule has 23 heavy (non-hydrogen) atoms. The predicted molar refractivity (Wildman–Crippen MR) is 91.5 cm³/mol. The van der Waals surface area contributed by atoms with Crippen molar-refractivity contribution in [2.75, 3.05) is 0 Å². The molecule has 0 amide bonds. The second-order valence-electron chi connectivity index (χ2n) is 8.04. The molecular weight excluding hydrogens is 294 g/mol. The van der Waals surface area contributed by atoms with Gasteiger partial charge in [-0.1, -0.05) is 0 Å². The van der Waals surface area contributed by atoms with E-state index in [4.69, 9.17) is 23.4 Å². The van der Waals surface area contributed by atoms with Crippen molar-refractivity contribution in [3.05, 3.63) is 24.5 Å². The molecule has 2 aliphatic rings. The monoisotopic (exact) mass is 322 g/mol. The van der Waals surface area contributed by atoms with Crippen LogP contribution in [-0.2, 0) is 23.4 Å². The maximum atomic E-state index is 5.84. The average Bonchev–Trinajstić information content (AvgIpc) is 2.67. The van der Waals surface area contributed by atoms with E-state index in [0.29, 0.717) is 0 Å². The van der Waals surface area contributed by atoms with E-state index >= 15 is 0 Å². The lowest BCUT2D eigenvalue weighted by Gasteiger charge is -2.32. The Morgan fingerprint density at radius 1 is 0.565 bits per heavy atom. The molecule has 0 radical (unpaired) electrons. The van der Waals surface area contributed by atoms with Gasteiger partial charge in [0.2, 0.25) is 0 Å². The van der Waals surface area contributed by atoms with Gasteiger partial charge >= 0.3 is 14.2 Å². The Hall–Kier alpha value is -0.750. The number of hydrogen-bond acceptors (Lipinski definition) is 5. The van der Waals surface area contributed by atoms with Gasteiger partial charge in [-0.15, -0.1) is 0 Å². The van der Waals surface area contributed by atoms with Crippen molar-refractivity contribution in [3.8, 4) is 0 Å². The van der Waals surface area contributed by atoms with Crippen LogP contribution in [0.25, 0.3) is 0 Å². The van der Waals surface area contributed by atoms with E-state index in [9.17, 15) is 0 Å². The highest BCUT2D eigenvalue weighted by atomic mass is 16.7. The molecule has 0 saturated carbocycles. The minimum Gasteiger partial charge on any atom is -0.475 e. The van der Waals surface area contributed by atoms with Crippen LogP contribution in [0.1, 0.15) is 55.4 Å². The normalized spacial score (nSPS) is 28.2. The van der Waals surface area contributed by atoms with E-state index in [-0.39, 0.29) is 22.4 Å². The summed E-state index contributed by atoms with van der Waals surface area (Å²) in [5.74, 6) is 3.48. The van der Waals surface area contributed by atoms with Crippen molar-refractivity contribution >= 4 is 14.2 Å². The van der Waals surface area contributed by atoms with Crippen molar-refractivity contribution in [1.82, 2.24) is 0 Å². The highest BCUT2D eigenvalue weighted by molar-refractivity contribution is 6.52. The summed E-state index contributed by atoms with van der Waals surface area (Å²) in [6.45, 7) is 16.1. The van der Waals surface area contributed by atoms with E-state index in [1.165, 1.54) is 0 Å². The van der Waals surface area contributed by atoms with Crippen molar-refractivity contribution in [1.29, 1.82) is 0 Å². The number of ether oxygens (including phenoxy) is 1. The van der Waals surface area contributed by atoms with Crippen molar-refractivity contribution in [3.63, 3.8) is 0 Å². The van der Waals surface area contributed by atoms with Crippen LogP contribution in [0.5, 0.6) is 0 Å². The van der Waals surface area contributed by atoms with Crippen LogP contribution >= 0.6 is 0 Å². The summed E-state index contributed by atoms with van der Waals surface area (Å²) >= 11 is 0. The Kier molecular flexibility index (Phi) is 4.81. The van der Waals surface area contributed by atoms with Gasteiger partial charge in [-0.3, -0.25) is 0 Å². The third-order valence-electron chi connectivity index (χ3n) is 5.17. The Morgan fingerprint density at radius 3 is 1.09 bits per heavy atom. The average molecular weight is 322 g/mol. The molecule has 2 fully saturated rings. The lowest BCUT2D eigenvalue weighted by atomic mass is 9.90. The van der Waals surface area contributed by atoms with Crippen LogP contribution in [0.4, 0.5) is 0 Å². The van der Waals surface area contributed by atoms with Gasteiger partial charge in [-0.25, -0.2) is 0 Å². The molecule has 7 heteroatoms. The van der Waals surface area contributed by atoms with Crippen LogP contribution in [0, 0.1) is 0 Å². The van der Waals surface area contributed by atoms with Gasteiger partial charge in [0, 0.05) is 0 Å². The Labute approximate surface area is 140 Å². The van der Waals surface area contributed by atoms with E-state index in [2.05, 4.69) is 0 Å². The van der Waals surface area contributed by atoms with E-state index < -0.39 is 14.2 Å². The summed E-state index contributed by atoms with van der Waals surface area (Å²) in [5, 5.41) is 0. The van der Waals surface area contributed by atoms with Crippen LogP contribution < -0.4 is 0 Å². The quantitative estimate of drug-likeness (QED) is 0.587. The standard InChI is InChI=1S/C16H28B2O5/c1-13(2)14(3,4)21-17(20-13)9-11-19-12-10-18-22-15(5,6)16(7,8)23-18/h9-12H,1-8H3. The highest BCUT2D eigenvalue weighted by Crippen LogP contribution is 2.37. The largest absolute Gasteiger partial charge is 0.490 e. The fourth-order valence-electron chi connectivity index (χ4n) is 2.20. The van der Waals surface area contributed by atoms with Gasteiger partial charge in [0.15, 0.2) is 0 Å². The first kappa shape index (κ1) is 18.6. The number of rotatable bonds is 4. The van der Waals surface area contributed by atoms with Gasteiger partial charge in [0.1, 0.15) is 0 Å². The van der Waals surface area contributed by atoms with Crippen molar-refractivity contribution < 1.29 is 23.4 Å². The summed E-state index contributed by atoms with van der Waals surface area (Å²) in [7, 11) is -0.824. The maximum absolute atomic E-state index is 5.84. The van der Waals surface area contributed by atoms with Crippen LogP contribution in [0.3, 0.4) is 0 Å². The molecule has 2 heterocycles. The minimum atomic E-state index is -0.412. The number of hydrogen-bond donors (Lipinski definition) is 0. The molecule has 0 atom stereocenters. The topological polar surface area (TPSA) is 46.2 Å². The summed E-state index contributed by atoms with van der Waals surface area (Å²) in [5.41, 5.74) is -1.39. The van der Waals surface area contributed by atoms with Gasteiger partial charge in [0.05, 0.1) is 34.9 Å². The maximum Gasteiger partial charge on any atom is 0.490 e. The van der Waals surface area contributed by atoms with E-state index in [0.717, 1.165) is 0 Å². The molecule has 2 aliphatic heterocycles. The highest BCUT2D eigenvalue weighted by Gasteiger charge is 2.51. The van der Waals surface area contributed by atoms with Gasteiger partial charge in [-0.05, 0) is 67.3 Å². The van der Waals surface area contributed by atoms with Gasteiger partial charge in [-0.2, -0.15) is 0 Å².